The van der Waals surface area contributed by atoms with E-state index in [1.54, 1.807) is 6.07 Å². The van der Waals surface area contributed by atoms with Crippen LogP contribution in [0.25, 0.3) is 0 Å². The fourth-order valence-electron chi connectivity index (χ4n) is 3.47. The fraction of sp³-hybridized carbons (Fsp3) is 0.263. The predicted octanol–water partition coefficient (Wildman–Crippen LogP) is 2.23. The molecule has 2 heterocycles. The summed E-state index contributed by atoms with van der Waals surface area (Å²) in [5.74, 6) is -0.0410. The number of aryl methyl sites for hydroxylation is 2. The van der Waals surface area contributed by atoms with E-state index in [1.807, 2.05) is 18.5 Å². The number of pyridine rings is 1. The Labute approximate surface area is 164 Å². The number of aromatic nitrogens is 3. The van der Waals surface area contributed by atoms with E-state index in [9.17, 15) is 14.4 Å². The molecular weight excluding hydrogens is 379 g/mol. The van der Waals surface area contributed by atoms with Crippen molar-refractivity contribution >= 4 is 11.7 Å². The summed E-state index contributed by atoms with van der Waals surface area (Å²) in [7, 11) is 0. The zero-order valence-electron chi connectivity index (χ0n) is 15.6. The van der Waals surface area contributed by atoms with Crippen LogP contribution in [0.2, 0.25) is 0 Å². The SMILES string of the molecule is Cc1cc(CNc2nonc2C(=NC2CCc3ccc(F)cc32)NO)[nH]c(=O)c1. The number of amidine groups is 1. The lowest BCUT2D eigenvalue weighted by atomic mass is 10.1. The maximum atomic E-state index is 13.6. The quantitative estimate of drug-likeness (QED) is 0.295. The van der Waals surface area contributed by atoms with Gasteiger partial charge in [0, 0.05) is 11.8 Å². The first-order chi connectivity index (χ1) is 14.0. The van der Waals surface area contributed by atoms with Gasteiger partial charge in [0.25, 0.3) is 0 Å². The Morgan fingerprint density at radius 2 is 2.24 bits per heavy atom. The van der Waals surface area contributed by atoms with Crippen molar-refractivity contribution in [3.63, 3.8) is 0 Å². The number of benzene rings is 1. The molecule has 10 heteroatoms. The van der Waals surface area contributed by atoms with E-state index < -0.39 is 0 Å². The maximum Gasteiger partial charge on any atom is 0.248 e. The highest BCUT2D eigenvalue weighted by atomic mass is 19.1. The van der Waals surface area contributed by atoms with Gasteiger partial charge in [0.15, 0.2) is 11.5 Å². The molecule has 150 valence electrons. The summed E-state index contributed by atoms with van der Waals surface area (Å²) in [5.41, 5.74) is 5.29. The molecule has 0 saturated heterocycles. The Bertz CT molecular complexity index is 1120. The van der Waals surface area contributed by atoms with Crippen LogP contribution in [0.3, 0.4) is 0 Å². The first-order valence-corrected chi connectivity index (χ1v) is 9.06. The number of nitrogens with one attached hydrogen (secondary N) is 3. The summed E-state index contributed by atoms with van der Waals surface area (Å²) < 4.78 is 18.4. The number of rotatable bonds is 5. The first kappa shape index (κ1) is 18.8. The normalized spacial score (nSPS) is 16.0. The fourth-order valence-corrected chi connectivity index (χ4v) is 3.47. The number of H-pyrrole nitrogens is 1. The zero-order valence-corrected chi connectivity index (χ0v) is 15.6. The highest BCUT2D eigenvalue weighted by molar-refractivity contribution is 6.00. The Morgan fingerprint density at radius 3 is 3.03 bits per heavy atom. The number of aliphatic imine (C=N–C) groups is 1. The molecule has 9 nitrogen and oxygen atoms in total. The van der Waals surface area contributed by atoms with Gasteiger partial charge < -0.3 is 10.3 Å². The van der Waals surface area contributed by atoms with Crippen LogP contribution < -0.4 is 16.4 Å². The molecule has 0 fully saturated rings. The third-order valence-electron chi connectivity index (χ3n) is 4.75. The van der Waals surface area contributed by atoms with Crippen LogP contribution in [0, 0.1) is 12.7 Å². The van der Waals surface area contributed by atoms with Gasteiger partial charge in [-0.1, -0.05) is 6.07 Å². The van der Waals surface area contributed by atoms with Crippen LogP contribution >= 0.6 is 0 Å². The van der Waals surface area contributed by atoms with Gasteiger partial charge in [-0.15, -0.1) is 0 Å². The molecule has 0 saturated carbocycles. The average molecular weight is 398 g/mol. The number of anilines is 1. The molecule has 4 N–H and O–H groups in total. The van der Waals surface area contributed by atoms with Gasteiger partial charge in [-0.05, 0) is 65.0 Å². The zero-order chi connectivity index (χ0) is 20.4. The third kappa shape index (κ3) is 4.02. The molecule has 29 heavy (non-hydrogen) atoms. The summed E-state index contributed by atoms with van der Waals surface area (Å²) in [6.45, 7) is 2.08. The van der Waals surface area contributed by atoms with Crippen molar-refractivity contribution in [3.05, 3.63) is 74.6 Å². The molecule has 0 radical (unpaired) electrons. The Balaban J connectivity index is 1.57. The van der Waals surface area contributed by atoms with Crippen LogP contribution in [-0.4, -0.2) is 26.3 Å². The minimum atomic E-state index is -0.332. The van der Waals surface area contributed by atoms with Gasteiger partial charge in [-0.3, -0.25) is 20.5 Å². The van der Waals surface area contributed by atoms with Gasteiger partial charge in [-0.2, -0.15) is 0 Å². The Hall–Kier alpha value is -3.53. The van der Waals surface area contributed by atoms with Crippen molar-refractivity contribution in [1.82, 2.24) is 20.8 Å². The lowest BCUT2D eigenvalue weighted by Gasteiger charge is -2.10. The van der Waals surface area contributed by atoms with E-state index in [0.29, 0.717) is 12.1 Å². The number of halogens is 1. The largest absolute Gasteiger partial charge is 0.360 e. The second kappa shape index (κ2) is 7.84. The van der Waals surface area contributed by atoms with Crippen LogP contribution in [-0.2, 0) is 13.0 Å². The van der Waals surface area contributed by atoms with E-state index in [4.69, 9.17) is 4.63 Å². The van der Waals surface area contributed by atoms with Crippen LogP contribution in [0.4, 0.5) is 10.2 Å². The lowest BCUT2D eigenvalue weighted by molar-refractivity contribution is 0.233. The minimum Gasteiger partial charge on any atom is -0.360 e. The number of hydrogen-bond donors (Lipinski definition) is 4. The Morgan fingerprint density at radius 1 is 1.38 bits per heavy atom. The van der Waals surface area contributed by atoms with Crippen molar-refractivity contribution in [2.45, 2.75) is 32.4 Å². The third-order valence-corrected chi connectivity index (χ3v) is 4.75. The van der Waals surface area contributed by atoms with E-state index in [2.05, 4.69) is 25.6 Å². The molecule has 0 aliphatic heterocycles. The molecule has 0 spiro atoms. The summed E-state index contributed by atoms with van der Waals surface area (Å²) in [6, 6.07) is 7.63. The maximum absolute atomic E-state index is 13.6. The van der Waals surface area contributed by atoms with Crippen LogP contribution in [0.1, 0.15) is 40.5 Å². The van der Waals surface area contributed by atoms with E-state index in [-0.39, 0.29) is 41.3 Å². The standard InChI is InChI=1S/C19H19FN6O3/c1-10-6-13(22-16(27)7-10)9-21-18-17(25-29-26-18)19(24-28)23-15-5-3-11-2-4-12(20)8-14(11)15/h2,4,6-8,15,28H,3,5,9H2,1H3,(H,21,26)(H,22,27)(H,23,24). The number of fused-ring (bicyclic) bond motifs is 1. The van der Waals surface area contributed by atoms with Gasteiger partial charge in [-0.25, -0.2) is 9.02 Å². The van der Waals surface area contributed by atoms with E-state index in [0.717, 1.165) is 23.1 Å². The molecular formula is C19H19FN6O3. The second-order valence-electron chi connectivity index (χ2n) is 6.85. The average Bonchev–Trinajstić information content (AvgIpc) is 3.30. The predicted molar refractivity (Wildman–Crippen MR) is 102 cm³/mol. The number of nitrogens with zero attached hydrogens (tertiary/aromatic N) is 3. The molecule has 1 aliphatic carbocycles. The summed E-state index contributed by atoms with van der Waals surface area (Å²) >= 11 is 0. The topological polar surface area (TPSA) is 128 Å². The molecule has 4 rings (SSSR count). The minimum absolute atomic E-state index is 0.0496. The van der Waals surface area contributed by atoms with Gasteiger partial charge in [0.1, 0.15) is 5.82 Å². The monoisotopic (exact) mass is 398 g/mol. The van der Waals surface area contributed by atoms with Gasteiger partial charge in [0.05, 0.1) is 12.6 Å². The number of hydroxylamine groups is 1. The van der Waals surface area contributed by atoms with Crippen molar-refractivity contribution in [2.24, 2.45) is 4.99 Å². The summed E-state index contributed by atoms with van der Waals surface area (Å²) in [5, 5.41) is 20.2. The summed E-state index contributed by atoms with van der Waals surface area (Å²) in [4.78, 5) is 18.8. The van der Waals surface area contributed by atoms with Crippen molar-refractivity contribution in [1.29, 1.82) is 0 Å². The molecule has 3 aromatic rings. The Kier molecular flexibility index (Phi) is 5.09. The molecule has 1 aromatic carbocycles. The van der Waals surface area contributed by atoms with Crippen molar-refractivity contribution < 1.29 is 14.2 Å². The first-order valence-electron chi connectivity index (χ1n) is 9.06. The number of hydrogen-bond acceptors (Lipinski definition) is 7. The molecule has 1 atom stereocenters. The van der Waals surface area contributed by atoms with Crippen LogP contribution in [0.15, 0.2) is 44.7 Å². The smallest absolute Gasteiger partial charge is 0.248 e. The van der Waals surface area contributed by atoms with E-state index in [1.165, 1.54) is 18.2 Å². The summed E-state index contributed by atoms with van der Waals surface area (Å²) in [6.07, 6.45) is 1.45. The van der Waals surface area contributed by atoms with Gasteiger partial charge >= 0.3 is 0 Å². The number of aromatic amines is 1. The molecule has 1 unspecified atom stereocenters. The van der Waals surface area contributed by atoms with Gasteiger partial charge in [0.2, 0.25) is 11.4 Å². The van der Waals surface area contributed by atoms with Crippen LogP contribution in [0.5, 0.6) is 0 Å². The highest BCUT2D eigenvalue weighted by Gasteiger charge is 2.25. The molecule has 0 bridgehead atoms. The second-order valence-corrected chi connectivity index (χ2v) is 6.85. The van der Waals surface area contributed by atoms with Crippen molar-refractivity contribution in [3.8, 4) is 0 Å². The molecule has 1 aliphatic rings. The molecule has 0 amide bonds. The van der Waals surface area contributed by atoms with Crippen molar-refractivity contribution in [2.75, 3.05) is 5.32 Å². The lowest BCUT2D eigenvalue weighted by Crippen LogP contribution is -2.23. The molecule has 2 aromatic heterocycles. The highest BCUT2D eigenvalue weighted by Crippen LogP contribution is 2.35. The van der Waals surface area contributed by atoms with E-state index >= 15 is 0 Å².